The van der Waals surface area contributed by atoms with Crippen molar-refractivity contribution in [2.75, 3.05) is 20.0 Å². The zero-order chi connectivity index (χ0) is 16.5. The highest BCUT2D eigenvalue weighted by molar-refractivity contribution is 8.77. The topological polar surface area (TPSA) is 105 Å². The van der Waals surface area contributed by atoms with Gasteiger partial charge in [0.05, 0.1) is 25.2 Å². The molecule has 0 aromatic heterocycles. The minimum atomic E-state index is -0.416. The number of hydrogen-bond acceptors (Lipinski definition) is 6. The van der Waals surface area contributed by atoms with E-state index in [9.17, 15) is 9.59 Å². The predicted octanol–water partition coefficient (Wildman–Crippen LogP) is 1.36. The zero-order valence-corrected chi connectivity index (χ0v) is 14.2. The third-order valence-electron chi connectivity index (χ3n) is 2.85. The molecule has 1 atom stereocenters. The van der Waals surface area contributed by atoms with Gasteiger partial charge in [0.15, 0.2) is 11.5 Å². The summed E-state index contributed by atoms with van der Waals surface area (Å²) in [6.07, 6.45) is 1.24. The van der Waals surface area contributed by atoms with E-state index in [2.05, 4.69) is 0 Å². The Morgan fingerprint density at radius 3 is 2.41 bits per heavy atom. The number of nitrogens with two attached hydrogens (primary N) is 2. The maximum atomic E-state index is 11.4. The highest BCUT2D eigenvalue weighted by Crippen LogP contribution is 2.31. The summed E-state index contributed by atoms with van der Waals surface area (Å²) in [5.74, 6) is 0.642. The minimum absolute atomic E-state index is 0.158. The van der Waals surface area contributed by atoms with Crippen molar-refractivity contribution < 1.29 is 19.1 Å². The summed E-state index contributed by atoms with van der Waals surface area (Å²) in [6, 6.07) is 5.61. The maximum absolute atomic E-state index is 11.4. The van der Waals surface area contributed by atoms with Crippen LogP contribution in [0, 0.1) is 0 Å². The molecule has 1 unspecified atom stereocenters. The van der Waals surface area contributed by atoms with E-state index in [-0.39, 0.29) is 11.0 Å². The summed E-state index contributed by atoms with van der Waals surface area (Å²) < 4.78 is 10.4. The quantitative estimate of drug-likeness (QED) is 0.621. The van der Waals surface area contributed by atoms with Gasteiger partial charge in [-0.3, -0.25) is 9.59 Å². The third-order valence-corrected chi connectivity index (χ3v) is 5.54. The van der Waals surface area contributed by atoms with Crippen LogP contribution < -0.4 is 20.9 Å². The third kappa shape index (κ3) is 6.07. The monoisotopic (exact) mass is 344 g/mol. The predicted molar refractivity (Wildman–Crippen MR) is 90.1 cm³/mol. The first-order chi connectivity index (χ1) is 10.5. The Labute approximate surface area is 137 Å². The number of carbonyl (C=O) groups excluding carboxylic acids is 2. The van der Waals surface area contributed by atoms with Crippen molar-refractivity contribution in [2.45, 2.75) is 18.1 Å². The molecule has 0 fully saturated rings. The first kappa shape index (κ1) is 18.5. The molecule has 1 rings (SSSR count). The molecular weight excluding hydrogens is 324 g/mol. The second-order valence-corrected chi connectivity index (χ2v) is 7.01. The molecule has 22 heavy (non-hydrogen) atoms. The Hall–Kier alpha value is -1.54. The van der Waals surface area contributed by atoms with Crippen LogP contribution in [0.4, 0.5) is 0 Å². The fourth-order valence-electron chi connectivity index (χ4n) is 1.75. The van der Waals surface area contributed by atoms with Crippen molar-refractivity contribution in [3.63, 3.8) is 0 Å². The number of aryl methyl sites for hydroxylation is 1. The van der Waals surface area contributed by atoms with Crippen molar-refractivity contribution in [3.05, 3.63) is 23.8 Å². The lowest BCUT2D eigenvalue weighted by Gasteiger charge is -2.13. The van der Waals surface area contributed by atoms with Crippen LogP contribution in [0.1, 0.15) is 12.0 Å². The Morgan fingerprint density at radius 1 is 1.18 bits per heavy atom. The second kappa shape index (κ2) is 9.47. The molecule has 1 aromatic carbocycles. The number of amides is 2. The summed E-state index contributed by atoms with van der Waals surface area (Å²) in [6.45, 7) is 0. The van der Waals surface area contributed by atoms with Crippen LogP contribution in [-0.4, -0.2) is 37.0 Å². The van der Waals surface area contributed by atoms with E-state index in [0.29, 0.717) is 24.3 Å². The molecule has 1 aromatic rings. The molecule has 8 heteroatoms. The number of ether oxygens (including phenoxy) is 2. The van der Waals surface area contributed by atoms with Gasteiger partial charge in [0, 0.05) is 0 Å². The summed E-state index contributed by atoms with van der Waals surface area (Å²) in [7, 11) is 5.67. The fourth-order valence-corrected chi connectivity index (χ4v) is 4.02. The van der Waals surface area contributed by atoms with E-state index in [1.165, 1.54) is 21.6 Å². The summed E-state index contributed by atoms with van der Waals surface area (Å²) in [5.41, 5.74) is 11.5. The number of primary amides is 2. The molecule has 0 aliphatic heterocycles. The molecule has 0 heterocycles. The molecular formula is C14H20N2O4S2. The van der Waals surface area contributed by atoms with Gasteiger partial charge >= 0.3 is 0 Å². The minimum Gasteiger partial charge on any atom is -0.493 e. The Bertz CT molecular complexity index is 526. The van der Waals surface area contributed by atoms with E-state index in [1.807, 2.05) is 18.2 Å². The fraction of sp³-hybridized carbons (Fsp3) is 0.429. The van der Waals surface area contributed by atoms with Crippen LogP contribution in [0.2, 0.25) is 0 Å². The van der Waals surface area contributed by atoms with Crippen molar-refractivity contribution in [1.29, 1.82) is 0 Å². The van der Waals surface area contributed by atoms with Crippen molar-refractivity contribution in [1.82, 2.24) is 0 Å². The summed E-state index contributed by atoms with van der Waals surface area (Å²) in [4.78, 5) is 22.2. The van der Waals surface area contributed by atoms with Crippen molar-refractivity contribution in [3.8, 4) is 11.5 Å². The van der Waals surface area contributed by atoms with Gasteiger partial charge in [0.25, 0.3) is 0 Å². The molecule has 0 aliphatic carbocycles. The van der Waals surface area contributed by atoms with Gasteiger partial charge in [-0.2, -0.15) is 0 Å². The van der Waals surface area contributed by atoms with Gasteiger partial charge in [0.1, 0.15) is 0 Å². The van der Waals surface area contributed by atoms with Crippen LogP contribution in [0.15, 0.2) is 18.2 Å². The lowest BCUT2D eigenvalue weighted by Crippen LogP contribution is -2.26. The molecule has 2 amide bonds. The van der Waals surface area contributed by atoms with Crippen LogP contribution in [0.5, 0.6) is 11.5 Å². The highest BCUT2D eigenvalue weighted by atomic mass is 33.1. The van der Waals surface area contributed by atoms with Gasteiger partial charge in [-0.1, -0.05) is 27.7 Å². The van der Waals surface area contributed by atoms with E-state index in [4.69, 9.17) is 20.9 Å². The molecule has 4 N–H and O–H groups in total. The first-order valence-electron chi connectivity index (χ1n) is 6.54. The van der Waals surface area contributed by atoms with E-state index >= 15 is 0 Å². The average Bonchev–Trinajstić information content (AvgIpc) is 2.49. The SMILES string of the molecule is COc1ccc(CCC(SSCC(N)=O)C(N)=O)cc1OC. The molecule has 0 aliphatic rings. The largest absolute Gasteiger partial charge is 0.493 e. The Balaban J connectivity index is 2.61. The molecule has 0 radical (unpaired) electrons. The maximum Gasteiger partial charge on any atom is 0.231 e. The van der Waals surface area contributed by atoms with E-state index in [1.54, 1.807) is 14.2 Å². The number of rotatable bonds is 10. The number of hydrogen-bond donors (Lipinski definition) is 2. The van der Waals surface area contributed by atoms with Crippen molar-refractivity contribution >= 4 is 33.4 Å². The van der Waals surface area contributed by atoms with E-state index < -0.39 is 11.8 Å². The molecule has 122 valence electrons. The second-order valence-electron chi connectivity index (χ2n) is 4.44. The number of carbonyl (C=O) groups is 2. The molecule has 0 saturated carbocycles. The normalized spacial score (nSPS) is 11.7. The Kier molecular flexibility index (Phi) is 7.97. The van der Waals surface area contributed by atoms with Gasteiger partial charge in [-0.05, 0) is 30.5 Å². The molecule has 6 nitrogen and oxygen atoms in total. The Morgan fingerprint density at radius 2 is 1.86 bits per heavy atom. The van der Waals surface area contributed by atoms with E-state index in [0.717, 1.165) is 5.56 Å². The van der Waals surface area contributed by atoms with Crippen LogP contribution in [-0.2, 0) is 16.0 Å². The van der Waals surface area contributed by atoms with Gasteiger partial charge < -0.3 is 20.9 Å². The summed E-state index contributed by atoms with van der Waals surface area (Å²) >= 11 is 0. The smallest absolute Gasteiger partial charge is 0.231 e. The lowest BCUT2D eigenvalue weighted by atomic mass is 10.1. The molecule has 0 bridgehead atoms. The van der Waals surface area contributed by atoms with Gasteiger partial charge in [-0.25, -0.2) is 0 Å². The molecule has 0 saturated heterocycles. The average molecular weight is 344 g/mol. The lowest BCUT2D eigenvalue weighted by molar-refractivity contribution is -0.117. The zero-order valence-electron chi connectivity index (χ0n) is 12.5. The molecule has 0 spiro atoms. The van der Waals surface area contributed by atoms with Gasteiger partial charge in [0.2, 0.25) is 11.8 Å². The number of methoxy groups -OCH3 is 2. The van der Waals surface area contributed by atoms with Crippen LogP contribution in [0.3, 0.4) is 0 Å². The van der Waals surface area contributed by atoms with Crippen LogP contribution >= 0.6 is 21.6 Å². The van der Waals surface area contributed by atoms with Crippen molar-refractivity contribution in [2.24, 2.45) is 11.5 Å². The standard InChI is InChI=1S/C14H20N2O4S2/c1-19-10-5-3-9(7-11(10)20-2)4-6-12(14(16)18)22-21-8-13(15)17/h3,5,7,12H,4,6,8H2,1-2H3,(H2,15,17)(H2,16,18). The van der Waals surface area contributed by atoms with Crippen LogP contribution in [0.25, 0.3) is 0 Å². The first-order valence-corrected chi connectivity index (χ1v) is 8.93. The highest BCUT2D eigenvalue weighted by Gasteiger charge is 2.17. The summed E-state index contributed by atoms with van der Waals surface area (Å²) in [5, 5.41) is -0.377. The van der Waals surface area contributed by atoms with Gasteiger partial charge in [-0.15, -0.1) is 0 Å². The number of benzene rings is 1.